The van der Waals surface area contributed by atoms with Crippen LogP contribution < -0.4 is 10.1 Å². The zero-order chi connectivity index (χ0) is 20.9. The number of nitrogens with zero attached hydrogens (tertiary/aromatic N) is 3. The van der Waals surface area contributed by atoms with E-state index >= 15 is 0 Å². The molecule has 2 heterocycles. The third-order valence-electron chi connectivity index (χ3n) is 5.14. The summed E-state index contributed by atoms with van der Waals surface area (Å²) in [6.07, 6.45) is 1.81. The van der Waals surface area contributed by atoms with Crippen LogP contribution in [0.2, 0.25) is 0 Å². The Morgan fingerprint density at radius 2 is 2.13 bits per heavy atom. The summed E-state index contributed by atoms with van der Waals surface area (Å²) in [4.78, 5) is 19.5. The van der Waals surface area contributed by atoms with Crippen molar-refractivity contribution >= 4 is 27.5 Å². The number of carbonyl (C=O) groups excluding carboxylic acids is 1. The second-order valence-corrected chi connectivity index (χ2v) is 8.23. The molecule has 1 N–H and O–H groups in total. The van der Waals surface area contributed by atoms with Crippen LogP contribution in [0.5, 0.6) is 5.75 Å². The third kappa shape index (κ3) is 5.06. The fourth-order valence-electron chi connectivity index (χ4n) is 3.58. The Labute approximate surface area is 183 Å². The molecule has 156 valence electrons. The normalized spacial score (nSPS) is 16.9. The van der Waals surface area contributed by atoms with Crippen molar-refractivity contribution < 1.29 is 14.1 Å². The number of ether oxygens (including phenoxy) is 1. The molecule has 1 saturated heterocycles. The number of nitrogens with one attached hydrogen (secondary N) is 1. The molecule has 1 fully saturated rings. The third-order valence-corrected chi connectivity index (χ3v) is 5.67. The highest BCUT2D eigenvalue weighted by atomic mass is 79.9. The van der Waals surface area contributed by atoms with E-state index in [1.165, 1.54) is 0 Å². The lowest BCUT2D eigenvalue weighted by Gasteiger charge is -2.30. The summed E-state index contributed by atoms with van der Waals surface area (Å²) in [6.45, 7) is 2.09. The number of benzene rings is 2. The van der Waals surface area contributed by atoms with Crippen molar-refractivity contribution in [3.8, 4) is 17.1 Å². The van der Waals surface area contributed by atoms with Gasteiger partial charge in [-0.25, -0.2) is 0 Å². The van der Waals surface area contributed by atoms with Crippen LogP contribution in [-0.2, 0) is 11.3 Å². The summed E-state index contributed by atoms with van der Waals surface area (Å²) in [5.74, 6) is 1.78. The van der Waals surface area contributed by atoms with Gasteiger partial charge in [0.2, 0.25) is 17.6 Å². The summed E-state index contributed by atoms with van der Waals surface area (Å²) in [5.41, 5.74) is 1.65. The lowest BCUT2D eigenvalue weighted by molar-refractivity contribution is -0.121. The van der Waals surface area contributed by atoms with E-state index in [-0.39, 0.29) is 11.8 Å². The highest BCUT2D eigenvalue weighted by Crippen LogP contribution is 2.23. The lowest BCUT2D eigenvalue weighted by Crippen LogP contribution is -2.40. The molecule has 4 rings (SSSR count). The number of methoxy groups -OCH3 is 1. The number of anilines is 1. The Kier molecular flexibility index (Phi) is 6.44. The molecule has 1 aliphatic rings. The van der Waals surface area contributed by atoms with Gasteiger partial charge in [-0.1, -0.05) is 27.2 Å². The van der Waals surface area contributed by atoms with Crippen molar-refractivity contribution in [2.45, 2.75) is 19.4 Å². The van der Waals surface area contributed by atoms with Crippen molar-refractivity contribution in [2.75, 3.05) is 25.5 Å². The molecule has 8 heteroatoms. The Hall–Kier alpha value is -2.71. The highest BCUT2D eigenvalue weighted by Gasteiger charge is 2.27. The summed E-state index contributed by atoms with van der Waals surface area (Å²) >= 11 is 3.42. The minimum atomic E-state index is -0.0844. The van der Waals surface area contributed by atoms with Crippen LogP contribution in [0.25, 0.3) is 11.4 Å². The Morgan fingerprint density at radius 3 is 2.93 bits per heavy atom. The molecule has 0 aliphatic carbocycles. The van der Waals surface area contributed by atoms with Gasteiger partial charge in [-0.2, -0.15) is 4.98 Å². The molecular weight excluding hydrogens is 448 g/mol. The molecule has 30 heavy (non-hydrogen) atoms. The van der Waals surface area contributed by atoms with Crippen molar-refractivity contribution in [3.63, 3.8) is 0 Å². The van der Waals surface area contributed by atoms with Gasteiger partial charge >= 0.3 is 0 Å². The van der Waals surface area contributed by atoms with E-state index in [4.69, 9.17) is 9.26 Å². The van der Waals surface area contributed by atoms with Crippen molar-refractivity contribution in [3.05, 3.63) is 58.9 Å². The van der Waals surface area contributed by atoms with Gasteiger partial charge in [-0.3, -0.25) is 9.69 Å². The van der Waals surface area contributed by atoms with Crippen LogP contribution in [-0.4, -0.2) is 41.1 Å². The molecule has 0 saturated carbocycles. The maximum absolute atomic E-state index is 12.7. The number of aromatic nitrogens is 2. The Morgan fingerprint density at radius 1 is 1.30 bits per heavy atom. The first-order chi connectivity index (χ1) is 14.6. The first kappa shape index (κ1) is 20.6. The second-order valence-electron chi connectivity index (χ2n) is 7.31. The molecular formula is C22H23BrN4O3. The summed E-state index contributed by atoms with van der Waals surface area (Å²) in [5, 5.41) is 7.09. The van der Waals surface area contributed by atoms with Gasteiger partial charge in [0.05, 0.1) is 19.6 Å². The number of piperidine rings is 1. The summed E-state index contributed by atoms with van der Waals surface area (Å²) in [7, 11) is 1.61. The number of halogens is 1. The van der Waals surface area contributed by atoms with Crippen molar-refractivity contribution in [1.82, 2.24) is 15.0 Å². The van der Waals surface area contributed by atoms with E-state index in [9.17, 15) is 4.79 Å². The summed E-state index contributed by atoms with van der Waals surface area (Å²) < 4.78 is 11.7. The predicted octanol–water partition coefficient (Wildman–Crippen LogP) is 4.36. The van der Waals surface area contributed by atoms with Crippen LogP contribution in [0.15, 0.2) is 57.5 Å². The van der Waals surface area contributed by atoms with Crippen molar-refractivity contribution in [1.29, 1.82) is 0 Å². The topological polar surface area (TPSA) is 80.5 Å². The van der Waals surface area contributed by atoms with Gasteiger partial charge in [-0.15, -0.1) is 0 Å². The van der Waals surface area contributed by atoms with E-state index < -0.39 is 0 Å². The number of likely N-dealkylation sites (tertiary alicyclic amines) is 1. The van der Waals surface area contributed by atoms with Crippen LogP contribution >= 0.6 is 15.9 Å². The average molecular weight is 471 g/mol. The Balaban J connectivity index is 1.36. The molecule has 1 atom stereocenters. The molecule has 0 bridgehead atoms. The second kappa shape index (κ2) is 9.40. The van der Waals surface area contributed by atoms with Gasteiger partial charge in [0.15, 0.2) is 0 Å². The van der Waals surface area contributed by atoms with Gasteiger partial charge in [0.25, 0.3) is 0 Å². The van der Waals surface area contributed by atoms with Gasteiger partial charge in [0, 0.05) is 28.3 Å². The fourth-order valence-corrected chi connectivity index (χ4v) is 3.85. The average Bonchev–Trinajstić information content (AvgIpc) is 3.23. The smallest absolute Gasteiger partial charge is 0.241 e. The number of hydrogen-bond donors (Lipinski definition) is 1. The van der Waals surface area contributed by atoms with Gasteiger partial charge < -0.3 is 14.6 Å². The van der Waals surface area contributed by atoms with Crippen LogP contribution in [0.3, 0.4) is 0 Å². The monoisotopic (exact) mass is 470 g/mol. The molecule has 7 nitrogen and oxygen atoms in total. The maximum atomic E-state index is 12.7. The predicted molar refractivity (Wildman–Crippen MR) is 117 cm³/mol. The van der Waals surface area contributed by atoms with E-state index in [1.807, 2.05) is 48.5 Å². The number of hydrogen-bond acceptors (Lipinski definition) is 6. The zero-order valence-corrected chi connectivity index (χ0v) is 18.3. The van der Waals surface area contributed by atoms with Gasteiger partial charge in [0.1, 0.15) is 5.75 Å². The lowest BCUT2D eigenvalue weighted by atomic mass is 9.97. The molecule has 1 aromatic heterocycles. The summed E-state index contributed by atoms with van der Waals surface area (Å²) in [6, 6.07) is 15.2. The fraction of sp³-hybridized carbons (Fsp3) is 0.318. The highest BCUT2D eigenvalue weighted by molar-refractivity contribution is 9.10. The van der Waals surface area contributed by atoms with E-state index in [0.29, 0.717) is 24.8 Å². The van der Waals surface area contributed by atoms with Crippen LogP contribution in [0, 0.1) is 5.92 Å². The molecule has 0 radical (unpaired) electrons. The largest absolute Gasteiger partial charge is 0.497 e. The zero-order valence-electron chi connectivity index (χ0n) is 16.7. The Bertz CT molecular complexity index is 1010. The molecule has 3 aromatic rings. The number of rotatable bonds is 6. The first-order valence-electron chi connectivity index (χ1n) is 9.86. The van der Waals surface area contributed by atoms with E-state index in [1.54, 1.807) is 7.11 Å². The number of amides is 1. The van der Waals surface area contributed by atoms with Crippen molar-refractivity contribution in [2.24, 2.45) is 5.92 Å². The first-order valence-corrected chi connectivity index (χ1v) is 10.7. The minimum Gasteiger partial charge on any atom is -0.497 e. The standard InChI is InChI=1S/C22H23BrN4O3/c1-29-19-6-2-5-18(12-19)24-22(28)16-4-3-11-27(13-16)14-20-25-21(26-30-20)15-7-9-17(23)10-8-15/h2,5-10,12,16H,3-4,11,13-14H2,1H3,(H,24,28). The molecule has 0 spiro atoms. The van der Waals surface area contributed by atoms with E-state index in [2.05, 4.69) is 36.3 Å². The van der Waals surface area contributed by atoms with Crippen LogP contribution in [0.4, 0.5) is 5.69 Å². The molecule has 1 aliphatic heterocycles. The maximum Gasteiger partial charge on any atom is 0.241 e. The number of carbonyl (C=O) groups is 1. The molecule has 1 unspecified atom stereocenters. The SMILES string of the molecule is COc1cccc(NC(=O)C2CCCN(Cc3nc(-c4ccc(Br)cc4)no3)C2)c1. The molecule has 2 aromatic carbocycles. The quantitative estimate of drug-likeness (QED) is 0.576. The molecule has 1 amide bonds. The van der Waals surface area contributed by atoms with E-state index in [0.717, 1.165) is 40.9 Å². The van der Waals surface area contributed by atoms with Crippen LogP contribution in [0.1, 0.15) is 18.7 Å². The minimum absolute atomic E-state index is 0.0223. The van der Waals surface area contributed by atoms with Gasteiger partial charge in [-0.05, 0) is 55.8 Å².